The van der Waals surface area contributed by atoms with Gasteiger partial charge in [-0.15, -0.1) is 0 Å². The van der Waals surface area contributed by atoms with E-state index >= 15 is 0 Å². The third-order valence-corrected chi connectivity index (χ3v) is 2.47. The van der Waals surface area contributed by atoms with Crippen molar-refractivity contribution in [1.82, 2.24) is 10.6 Å². The van der Waals surface area contributed by atoms with E-state index in [0.29, 0.717) is 6.42 Å². The van der Waals surface area contributed by atoms with Gasteiger partial charge in [-0.1, -0.05) is 27.7 Å². The standard InChI is InChI=1S/C13H26N2O3/c1-5-6-14-9-11(16)15-8-10(12(17)18)7-13(2,3)4/h10,14H,5-9H2,1-4H3,(H,15,16)(H,17,18). The summed E-state index contributed by atoms with van der Waals surface area (Å²) >= 11 is 0. The van der Waals surface area contributed by atoms with E-state index in [9.17, 15) is 9.59 Å². The van der Waals surface area contributed by atoms with Gasteiger partial charge in [-0.25, -0.2) is 0 Å². The van der Waals surface area contributed by atoms with Crippen LogP contribution in [0.3, 0.4) is 0 Å². The molecule has 0 saturated carbocycles. The van der Waals surface area contributed by atoms with Crippen molar-refractivity contribution in [2.24, 2.45) is 11.3 Å². The Morgan fingerprint density at radius 1 is 1.28 bits per heavy atom. The summed E-state index contributed by atoms with van der Waals surface area (Å²) in [4.78, 5) is 22.5. The van der Waals surface area contributed by atoms with Crippen molar-refractivity contribution < 1.29 is 14.7 Å². The van der Waals surface area contributed by atoms with Crippen LogP contribution in [0.4, 0.5) is 0 Å². The van der Waals surface area contributed by atoms with Crippen LogP contribution in [-0.4, -0.2) is 36.6 Å². The van der Waals surface area contributed by atoms with Crippen LogP contribution in [0.5, 0.6) is 0 Å². The van der Waals surface area contributed by atoms with Crippen LogP contribution in [0.25, 0.3) is 0 Å². The fourth-order valence-electron chi connectivity index (χ4n) is 1.66. The quantitative estimate of drug-likeness (QED) is 0.572. The molecular formula is C13H26N2O3. The lowest BCUT2D eigenvalue weighted by Crippen LogP contribution is -2.39. The molecule has 0 aromatic heterocycles. The Labute approximate surface area is 109 Å². The molecule has 106 valence electrons. The second-order valence-electron chi connectivity index (χ2n) is 5.78. The van der Waals surface area contributed by atoms with Crippen molar-refractivity contribution in [3.05, 3.63) is 0 Å². The van der Waals surface area contributed by atoms with E-state index in [1.54, 1.807) is 0 Å². The van der Waals surface area contributed by atoms with Gasteiger partial charge < -0.3 is 15.7 Å². The van der Waals surface area contributed by atoms with E-state index in [1.165, 1.54) is 0 Å². The van der Waals surface area contributed by atoms with Crippen LogP contribution >= 0.6 is 0 Å². The Hall–Kier alpha value is -1.10. The number of carboxylic acids is 1. The van der Waals surface area contributed by atoms with Crippen LogP contribution in [0, 0.1) is 11.3 Å². The van der Waals surface area contributed by atoms with E-state index in [2.05, 4.69) is 10.6 Å². The Kier molecular flexibility index (Phi) is 7.59. The summed E-state index contributed by atoms with van der Waals surface area (Å²) in [6.45, 7) is 9.23. The molecule has 0 spiro atoms. The van der Waals surface area contributed by atoms with Crippen molar-refractivity contribution in [2.75, 3.05) is 19.6 Å². The summed E-state index contributed by atoms with van der Waals surface area (Å²) < 4.78 is 0. The number of nitrogens with one attached hydrogen (secondary N) is 2. The highest BCUT2D eigenvalue weighted by atomic mass is 16.4. The molecule has 1 unspecified atom stereocenters. The lowest BCUT2D eigenvalue weighted by atomic mass is 9.84. The molecule has 0 radical (unpaired) electrons. The van der Waals surface area contributed by atoms with Crippen LogP contribution in [-0.2, 0) is 9.59 Å². The molecule has 0 aromatic rings. The third-order valence-electron chi connectivity index (χ3n) is 2.47. The van der Waals surface area contributed by atoms with Gasteiger partial charge in [0.15, 0.2) is 0 Å². The maximum absolute atomic E-state index is 11.4. The topological polar surface area (TPSA) is 78.4 Å². The monoisotopic (exact) mass is 258 g/mol. The molecular weight excluding hydrogens is 232 g/mol. The zero-order chi connectivity index (χ0) is 14.2. The maximum Gasteiger partial charge on any atom is 0.308 e. The second-order valence-corrected chi connectivity index (χ2v) is 5.78. The fraction of sp³-hybridized carbons (Fsp3) is 0.846. The van der Waals surface area contributed by atoms with Crippen LogP contribution in [0.2, 0.25) is 0 Å². The number of amides is 1. The molecule has 0 heterocycles. The lowest BCUT2D eigenvalue weighted by molar-refractivity contribution is -0.142. The Morgan fingerprint density at radius 2 is 1.89 bits per heavy atom. The summed E-state index contributed by atoms with van der Waals surface area (Å²) in [5.41, 5.74) is -0.0613. The molecule has 0 saturated heterocycles. The molecule has 1 atom stereocenters. The van der Waals surface area contributed by atoms with E-state index in [-0.39, 0.29) is 24.4 Å². The molecule has 0 aliphatic rings. The average molecular weight is 258 g/mol. The first-order valence-corrected chi connectivity index (χ1v) is 6.46. The normalized spacial score (nSPS) is 13.1. The predicted molar refractivity (Wildman–Crippen MR) is 71.4 cm³/mol. The molecule has 0 aliphatic carbocycles. The summed E-state index contributed by atoms with van der Waals surface area (Å²) in [6, 6.07) is 0. The minimum atomic E-state index is -0.855. The molecule has 18 heavy (non-hydrogen) atoms. The van der Waals surface area contributed by atoms with Gasteiger partial charge in [0.05, 0.1) is 12.5 Å². The molecule has 5 heteroatoms. The summed E-state index contributed by atoms with van der Waals surface area (Å²) in [7, 11) is 0. The molecule has 0 bridgehead atoms. The first-order chi connectivity index (χ1) is 8.26. The number of hydrogen-bond donors (Lipinski definition) is 3. The van der Waals surface area contributed by atoms with E-state index < -0.39 is 11.9 Å². The van der Waals surface area contributed by atoms with E-state index in [1.807, 2.05) is 27.7 Å². The number of aliphatic carboxylic acids is 1. The molecule has 1 amide bonds. The number of hydrogen-bond acceptors (Lipinski definition) is 3. The van der Waals surface area contributed by atoms with Crippen molar-refractivity contribution in [1.29, 1.82) is 0 Å². The van der Waals surface area contributed by atoms with Gasteiger partial charge in [-0.05, 0) is 24.8 Å². The van der Waals surface area contributed by atoms with Gasteiger partial charge in [0.2, 0.25) is 5.91 Å². The average Bonchev–Trinajstić information content (AvgIpc) is 2.22. The minimum Gasteiger partial charge on any atom is -0.481 e. The highest BCUT2D eigenvalue weighted by molar-refractivity contribution is 5.79. The summed E-state index contributed by atoms with van der Waals surface area (Å²) in [5, 5.41) is 14.7. The molecule has 3 N–H and O–H groups in total. The van der Waals surface area contributed by atoms with Gasteiger partial charge in [0.1, 0.15) is 0 Å². The van der Waals surface area contributed by atoms with Crippen molar-refractivity contribution in [3.8, 4) is 0 Å². The summed E-state index contributed by atoms with van der Waals surface area (Å²) in [6.07, 6.45) is 1.51. The van der Waals surface area contributed by atoms with Crippen molar-refractivity contribution >= 4 is 11.9 Å². The predicted octanol–water partition coefficient (Wildman–Crippen LogP) is 1.24. The second kappa shape index (κ2) is 8.08. The van der Waals surface area contributed by atoms with Crippen molar-refractivity contribution in [3.63, 3.8) is 0 Å². The number of rotatable bonds is 8. The molecule has 0 aromatic carbocycles. The smallest absolute Gasteiger partial charge is 0.308 e. The van der Waals surface area contributed by atoms with Gasteiger partial charge >= 0.3 is 5.97 Å². The van der Waals surface area contributed by atoms with Crippen molar-refractivity contribution in [2.45, 2.75) is 40.5 Å². The van der Waals surface area contributed by atoms with E-state index in [0.717, 1.165) is 13.0 Å². The Bertz CT molecular complexity index is 272. The first kappa shape index (κ1) is 16.9. The Morgan fingerprint density at radius 3 is 2.33 bits per heavy atom. The zero-order valence-electron chi connectivity index (χ0n) is 11.9. The largest absolute Gasteiger partial charge is 0.481 e. The first-order valence-electron chi connectivity index (χ1n) is 6.46. The SMILES string of the molecule is CCCNCC(=O)NCC(CC(C)(C)C)C(=O)O. The maximum atomic E-state index is 11.4. The fourth-order valence-corrected chi connectivity index (χ4v) is 1.66. The lowest BCUT2D eigenvalue weighted by Gasteiger charge is -2.23. The van der Waals surface area contributed by atoms with Crippen LogP contribution in [0.1, 0.15) is 40.5 Å². The van der Waals surface area contributed by atoms with Gasteiger partial charge in [-0.2, -0.15) is 0 Å². The molecule has 0 aliphatic heterocycles. The van der Waals surface area contributed by atoms with Crippen LogP contribution < -0.4 is 10.6 Å². The van der Waals surface area contributed by atoms with Gasteiger partial charge in [0, 0.05) is 6.54 Å². The minimum absolute atomic E-state index is 0.0613. The molecule has 5 nitrogen and oxygen atoms in total. The number of carbonyl (C=O) groups excluding carboxylic acids is 1. The highest BCUT2D eigenvalue weighted by Crippen LogP contribution is 2.24. The molecule has 0 fully saturated rings. The van der Waals surface area contributed by atoms with E-state index in [4.69, 9.17) is 5.11 Å². The van der Waals surface area contributed by atoms with Crippen LogP contribution in [0.15, 0.2) is 0 Å². The molecule has 0 rings (SSSR count). The highest BCUT2D eigenvalue weighted by Gasteiger charge is 2.24. The number of carboxylic acid groups (broad SMARTS) is 1. The third kappa shape index (κ3) is 8.98. The summed E-state index contributed by atoms with van der Waals surface area (Å²) in [5.74, 6) is -1.53. The number of carbonyl (C=O) groups is 2. The van der Waals surface area contributed by atoms with Gasteiger partial charge in [0.25, 0.3) is 0 Å². The zero-order valence-corrected chi connectivity index (χ0v) is 11.9. The van der Waals surface area contributed by atoms with Gasteiger partial charge in [-0.3, -0.25) is 9.59 Å². The Balaban J connectivity index is 4.04.